The Kier molecular flexibility index (Phi) is 7.68. The maximum absolute atomic E-state index is 14.1. The highest BCUT2D eigenvalue weighted by atomic mass is 32.2. The second-order valence-electron chi connectivity index (χ2n) is 7.46. The molecule has 0 radical (unpaired) electrons. The molecule has 0 aliphatic carbocycles. The molecule has 0 saturated heterocycles. The van der Waals surface area contributed by atoms with Crippen molar-refractivity contribution < 1.29 is 26.3 Å². The minimum atomic E-state index is -3.71. The maximum Gasteiger partial charge on any atom is 0.287 e. The van der Waals surface area contributed by atoms with Gasteiger partial charge in [0.1, 0.15) is 0 Å². The summed E-state index contributed by atoms with van der Waals surface area (Å²) in [4.78, 5) is 10.7. The first-order valence-corrected chi connectivity index (χ1v) is 15.5. The molecule has 3 rings (SSSR count). The number of sulfone groups is 2. The molecule has 2 N–H and O–H groups in total. The number of anilines is 2. The van der Waals surface area contributed by atoms with E-state index in [1.807, 2.05) is 0 Å². The fourth-order valence-electron chi connectivity index (χ4n) is 3.11. The molecular weight excluding hydrogens is 513 g/mol. The Balaban J connectivity index is 1.99. The van der Waals surface area contributed by atoms with Gasteiger partial charge in [0.25, 0.3) is 13.1 Å². The van der Waals surface area contributed by atoms with Crippen molar-refractivity contribution in [3.63, 3.8) is 0 Å². The normalized spacial score (nSPS) is 12.2. The number of nitro benzene ring substituents is 1. The summed E-state index contributed by atoms with van der Waals surface area (Å²) in [7, 11) is -10.5. The van der Waals surface area contributed by atoms with Crippen LogP contribution in [-0.2, 0) is 24.2 Å². The van der Waals surface area contributed by atoms with Crippen LogP contribution in [0.2, 0.25) is 0 Å². The molecule has 0 aromatic heterocycles. The molecule has 3 aromatic carbocycles. The Morgan fingerprint density at radius 2 is 1.09 bits per heavy atom. The minimum absolute atomic E-state index is 0.0631. The smallest absolute Gasteiger partial charge is 0.287 e. The lowest BCUT2D eigenvalue weighted by Gasteiger charge is -2.23. The Morgan fingerprint density at radius 3 is 1.40 bits per heavy atom. The zero-order valence-electron chi connectivity index (χ0n) is 18.9. The second-order valence-corrected chi connectivity index (χ2v) is 14.2. The van der Waals surface area contributed by atoms with Crippen LogP contribution in [-0.4, -0.2) is 33.3 Å². The van der Waals surface area contributed by atoms with E-state index in [2.05, 4.69) is 10.2 Å². The summed E-state index contributed by atoms with van der Waals surface area (Å²) in [6.07, 6.45) is 0. The van der Waals surface area contributed by atoms with Gasteiger partial charge in [-0.2, -0.15) is 0 Å². The fourth-order valence-corrected chi connectivity index (χ4v) is 6.79. The van der Waals surface area contributed by atoms with Crippen molar-refractivity contribution >= 4 is 49.5 Å². The third kappa shape index (κ3) is 6.08. The topological polar surface area (TPSA) is 153 Å². The molecule has 0 bridgehead atoms. The SMILES string of the molecule is CCS(=O)(=O)c1ccc(NP(=O)(Nc2ccc(S(=O)(=O)CC)cc2)c2ccc([N+](=O)[O-])cc2)cc1. The highest BCUT2D eigenvalue weighted by Gasteiger charge is 2.26. The molecule has 0 aliphatic rings. The first-order valence-electron chi connectivity index (χ1n) is 10.5. The highest BCUT2D eigenvalue weighted by Crippen LogP contribution is 2.45. The number of nitrogens with zero attached hydrogens (tertiary/aromatic N) is 1. The molecule has 35 heavy (non-hydrogen) atoms. The summed E-state index contributed by atoms with van der Waals surface area (Å²) in [5.74, 6) is -0.126. The Morgan fingerprint density at radius 1 is 0.714 bits per heavy atom. The Labute approximate surface area is 203 Å². The number of non-ortho nitro benzene ring substituents is 1. The van der Waals surface area contributed by atoms with Crippen LogP contribution >= 0.6 is 7.44 Å². The van der Waals surface area contributed by atoms with E-state index in [0.29, 0.717) is 11.4 Å². The van der Waals surface area contributed by atoms with E-state index >= 15 is 0 Å². The number of nitro groups is 1. The van der Waals surface area contributed by atoms with Gasteiger partial charge in [0.05, 0.1) is 31.5 Å². The first-order chi connectivity index (χ1) is 16.4. The van der Waals surface area contributed by atoms with Crippen molar-refractivity contribution in [1.29, 1.82) is 0 Å². The fraction of sp³-hybridized carbons (Fsp3) is 0.182. The van der Waals surface area contributed by atoms with E-state index in [0.717, 1.165) is 0 Å². The van der Waals surface area contributed by atoms with Crippen molar-refractivity contribution in [2.75, 3.05) is 21.7 Å². The molecule has 10 nitrogen and oxygen atoms in total. The van der Waals surface area contributed by atoms with Crippen molar-refractivity contribution in [2.24, 2.45) is 0 Å². The van der Waals surface area contributed by atoms with Crippen LogP contribution in [0.5, 0.6) is 0 Å². The standard InChI is InChI=1S/C22H24N3O7PS2/c1-3-34(29,30)21-13-5-17(6-14-21)23-33(28,20-11-9-19(10-12-20)25(26)27)24-18-7-15-22(16-8-18)35(31,32)4-2/h5-16H,3-4H2,1-2H3,(H2,23,24,28). The molecular formula is C22H24N3O7PS2. The number of nitrogens with one attached hydrogen (secondary N) is 2. The lowest BCUT2D eigenvalue weighted by molar-refractivity contribution is -0.384. The summed E-state index contributed by atoms with van der Waals surface area (Å²) in [5, 5.41) is 17.0. The Bertz CT molecular complexity index is 1390. The van der Waals surface area contributed by atoms with Crippen LogP contribution in [0.25, 0.3) is 0 Å². The lowest BCUT2D eigenvalue weighted by atomic mass is 10.3. The van der Waals surface area contributed by atoms with E-state index in [1.165, 1.54) is 86.6 Å². The third-order valence-electron chi connectivity index (χ3n) is 5.18. The molecule has 0 amide bonds. The molecule has 13 heteroatoms. The average molecular weight is 538 g/mol. The van der Waals surface area contributed by atoms with Crippen molar-refractivity contribution in [3.8, 4) is 0 Å². The van der Waals surface area contributed by atoms with Crippen LogP contribution in [0.1, 0.15) is 13.8 Å². The van der Waals surface area contributed by atoms with Gasteiger partial charge >= 0.3 is 0 Å². The third-order valence-corrected chi connectivity index (χ3v) is 10.9. The summed E-state index contributed by atoms with van der Waals surface area (Å²) in [6.45, 7) is 3.07. The monoisotopic (exact) mass is 537 g/mol. The van der Waals surface area contributed by atoms with Crippen molar-refractivity contribution in [3.05, 3.63) is 82.9 Å². The van der Waals surface area contributed by atoms with E-state index in [1.54, 1.807) is 0 Å². The predicted molar refractivity (Wildman–Crippen MR) is 136 cm³/mol. The zero-order valence-corrected chi connectivity index (χ0v) is 21.4. The van der Waals surface area contributed by atoms with Gasteiger partial charge in [0.2, 0.25) is 0 Å². The van der Waals surface area contributed by atoms with Crippen molar-refractivity contribution in [1.82, 2.24) is 0 Å². The predicted octanol–water partition coefficient (Wildman–Crippen LogP) is 4.22. The summed E-state index contributed by atoms with van der Waals surface area (Å²) in [5.41, 5.74) is 0.516. The molecule has 0 unspecified atom stereocenters. The largest absolute Gasteiger partial charge is 0.317 e. The summed E-state index contributed by atoms with van der Waals surface area (Å²) in [6, 6.07) is 16.6. The highest BCUT2D eigenvalue weighted by molar-refractivity contribution is 7.91. The second kappa shape index (κ2) is 10.2. The number of hydrogen-bond donors (Lipinski definition) is 2. The molecule has 186 valence electrons. The van der Waals surface area contributed by atoms with Gasteiger partial charge in [-0.3, -0.25) is 14.7 Å². The van der Waals surface area contributed by atoms with Gasteiger partial charge < -0.3 is 10.2 Å². The molecule has 0 spiro atoms. The lowest BCUT2D eigenvalue weighted by Crippen LogP contribution is -2.18. The van der Waals surface area contributed by atoms with Crippen LogP contribution in [0.3, 0.4) is 0 Å². The minimum Gasteiger partial charge on any atom is -0.317 e. The molecule has 0 atom stereocenters. The van der Waals surface area contributed by atoms with E-state index < -0.39 is 32.0 Å². The quantitative estimate of drug-likeness (QED) is 0.220. The van der Waals surface area contributed by atoms with Gasteiger partial charge in [-0.15, -0.1) is 0 Å². The number of rotatable bonds is 10. The van der Waals surface area contributed by atoms with Crippen molar-refractivity contribution in [2.45, 2.75) is 23.6 Å². The molecule has 0 saturated carbocycles. The average Bonchev–Trinajstić information content (AvgIpc) is 2.84. The van der Waals surface area contributed by atoms with Crippen LogP contribution in [0.15, 0.2) is 82.6 Å². The summed E-state index contributed by atoms with van der Waals surface area (Å²) < 4.78 is 62.4. The maximum atomic E-state index is 14.1. The molecule has 0 aliphatic heterocycles. The zero-order chi connectivity index (χ0) is 25.9. The van der Waals surface area contributed by atoms with E-state index in [4.69, 9.17) is 0 Å². The van der Waals surface area contributed by atoms with Gasteiger partial charge in [0.15, 0.2) is 19.7 Å². The van der Waals surface area contributed by atoms with E-state index in [9.17, 15) is 31.5 Å². The van der Waals surface area contributed by atoms with Gasteiger partial charge in [0, 0.05) is 23.5 Å². The molecule has 0 heterocycles. The molecule has 0 fully saturated rings. The number of hydrogen-bond acceptors (Lipinski definition) is 7. The molecule has 3 aromatic rings. The van der Waals surface area contributed by atoms with E-state index in [-0.39, 0.29) is 32.3 Å². The van der Waals surface area contributed by atoms with Crippen LogP contribution in [0, 0.1) is 10.1 Å². The Hall–Kier alpha value is -3.21. The summed E-state index contributed by atoms with van der Waals surface area (Å²) >= 11 is 0. The van der Waals surface area contributed by atoms with Crippen LogP contribution < -0.4 is 15.5 Å². The number of benzene rings is 3. The first kappa shape index (κ1) is 26.4. The van der Waals surface area contributed by atoms with Gasteiger partial charge in [-0.25, -0.2) is 16.8 Å². The van der Waals surface area contributed by atoms with Gasteiger partial charge in [-0.1, -0.05) is 13.8 Å². The van der Waals surface area contributed by atoms with Gasteiger partial charge in [-0.05, 0) is 60.7 Å². The van der Waals surface area contributed by atoms with Crippen LogP contribution in [0.4, 0.5) is 17.1 Å².